The van der Waals surface area contributed by atoms with Crippen molar-refractivity contribution < 1.29 is 0 Å². The molecule has 1 aromatic carbocycles. The molecule has 1 fully saturated rings. The first-order valence-electron chi connectivity index (χ1n) is 7.45. The third-order valence-electron chi connectivity index (χ3n) is 4.48. The normalized spacial score (nSPS) is 24.8. The van der Waals surface area contributed by atoms with E-state index in [1.807, 2.05) is 0 Å². The molecule has 1 unspecified atom stereocenters. The van der Waals surface area contributed by atoms with Crippen LogP contribution in [0.1, 0.15) is 49.3 Å². The Bertz CT molecular complexity index is 382. The smallest absolute Gasteiger partial charge is 0.0335 e. The lowest BCUT2D eigenvalue weighted by Gasteiger charge is -2.21. The van der Waals surface area contributed by atoms with Gasteiger partial charge in [0.25, 0.3) is 0 Å². The van der Waals surface area contributed by atoms with Gasteiger partial charge in [0.1, 0.15) is 0 Å². The maximum Gasteiger partial charge on any atom is 0.0335 e. The number of benzene rings is 1. The van der Waals surface area contributed by atoms with Gasteiger partial charge in [-0.25, -0.2) is 0 Å². The first kappa shape index (κ1) is 12.2. The van der Waals surface area contributed by atoms with Gasteiger partial charge in [-0.2, -0.15) is 0 Å². The molecule has 0 aromatic heterocycles. The van der Waals surface area contributed by atoms with Gasteiger partial charge in [0.15, 0.2) is 0 Å². The van der Waals surface area contributed by atoms with Gasteiger partial charge in [0.05, 0.1) is 0 Å². The highest BCUT2D eigenvalue weighted by Crippen LogP contribution is 2.27. The van der Waals surface area contributed by atoms with Gasteiger partial charge in [-0.3, -0.25) is 0 Å². The Morgan fingerprint density at radius 1 is 1.11 bits per heavy atom. The van der Waals surface area contributed by atoms with Crippen LogP contribution in [0.25, 0.3) is 0 Å². The number of nitrogens with one attached hydrogen (secondary N) is 2. The highest BCUT2D eigenvalue weighted by Gasteiger charge is 2.20. The molecule has 0 bridgehead atoms. The number of fused-ring (bicyclic) bond motifs is 1. The molecule has 2 heteroatoms. The molecule has 3 rings (SSSR count). The monoisotopic (exact) mass is 244 g/mol. The van der Waals surface area contributed by atoms with Gasteiger partial charge in [-0.15, -0.1) is 0 Å². The van der Waals surface area contributed by atoms with Crippen molar-refractivity contribution in [3.05, 3.63) is 35.4 Å². The molecular formula is C16H24N2. The standard InChI is InChI=1S/C16H24N2/c1-2-6-13(5-1)11-18-16-9-10-17-12-14-7-3-4-8-15(14)16/h3-4,7-8,13,16-18H,1-2,5-6,9-12H2. The van der Waals surface area contributed by atoms with Crippen molar-refractivity contribution in [1.29, 1.82) is 0 Å². The van der Waals surface area contributed by atoms with Crippen LogP contribution in [0, 0.1) is 5.92 Å². The van der Waals surface area contributed by atoms with Crippen LogP contribution < -0.4 is 10.6 Å². The summed E-state index contributed by atoms with van der Waals surface area (Å²) in [6.45, 7) is 3.35. The van der Waals surface area contributed by atoms with Crippen LogP contribution in [0.4, 0.5) is 0 Å². The lowest BCUT2D eigenvalue weighted by atomic mass is 9.98. The molecule has 1 aliphatic carbocycles. The van der Waals surface area contributed by atoms with E-state index in [0.29, 0.717) is 6.04 Å². The van der Waals surface area contributed by atoms with Crippen LogP contribution in [0.5, 0.6) is 0 Å². The van der Waals surface area contributed by atoms with E-state index in [2.05, 4.69) is 34.9 Å². The zero-order valence-electron chi connectivity index (χ0n) is 11.1. The van der Waals surface area contributed by atoms with Gasteiger partial charge >= 0.3 is 0 Å². The molecule has 98 valence electrons. The van der Waals surface area contributed by atoms with Crippen molar-refractivity contribution in [3.8, 4) is 0 Å². The van der Waals surface area contributed by atoms with Gasteiger partial charge < -0.3 is 10.6 Å². The van der Waals surface area contributed by atoms with E-state index in [1.54, 1.807) is 0 Å². The lowest BCUT2D eigenvalue weighted by Crippen LogP contribution is -2.27. The Morgan fingerprint density at radius 3 is 2.83 bits per heavy atom. The fourth-order valence-corrected chi connectivity index (χ4v) is 3.40. The molecule has 1 atom stereocenters. The van der Waals surface area contributed by atoms with E-state index in [4.69, 9.17) is 0 Å². The molecule has 18 heavy (non-hydrogen) atoms. The molecular weight excluding hydrogens is 220 g/mol. The van der Waals surface area contributed by atoms with Crippen LogP contribution in [-0.2, 0) is 6.54 Å². The Hall–Kier alpha value is -0.860. The summed E-state index contributed by atoms with van der Waals surface area (Å²) >= 11 is 0. The molecule has 2 aliphatic rings. The fourth-order valence-electron chi connectivity index (χ4n) is 3.40. The van der Waals surface area contributed by atoms with E-state index in [9.17, 15) is 0 Å². The van der Waals surface area contributed by atoms with Gasteiger partial charge in [0.2, 0.25) is 0 Å². The van der Waals surface area contributed by atoms with Gasteiger partial charge in [-0.05, 0) is 49.4 Å². The third kappa shape index (κ3) is 2.76. The third-order valence-corrected chi connectivity index (χ3v) is 4.48. The van der Waals surface area contributed by atoms with Crippen molar-refractivity contribution in [3.63, 3.8) is 0 Å². The SMILES string of the molecule is c1ccc2c(c1)CNCCC2NCC1CCCC1. The van der Waals surface area contributed by atoms with Crippen LogP contribution >= 0.6 is 0 Å². The average Bonchev–Trinajstić information content (AvgIpc) is 2.84. The predicted octanol–water partition coefficient (Wildman–Crippen LogP) is 3.00. The van der Waals surface area contributed by atoms with E-state index < -0.39 is 0 Å². The molecule has 1 aromatic rings. The second-order valence-corrected chi connectivity index (χ2v) is 5.78. The zero-order valence-corrected chi connectivity index (χ0v) is 11.1. The maximum atomic E-state index is 3.82. The molecule has 0 amide bonds. The molecule has 0 spiro atoms. The summed E-state index contributed by atoms with van der Waals surface area (Å²) in [6.07, 6.45) is 6.95. The lowest BCUT2D eigenvalue weighted by molar-refractivity contribution is 0.423. The average molecular weight is 244 g/mol. The van der Waals surface area contributed by atoms with Crippen molar-refractivity contribution in [2.75, 3.05) is 13.1 Å². The summed E-state index contributed by atoms with van der Waals surface area (Å²) in [5.74, 6) is 0.924. The Kier molecular flexibility index (Phi) is 3.96. The van der Waals surface area contributed by atoms with Gasteiger partial charge in [-0.1, -0.05) is 37.1 Å². The number of hydrogen-bond donors (Lipinski definition) is 2. The maximum absolute atomic E-state index is 3.82. The summed E-state index contributed by atoms with van der Waals surface area (Å²) in [6, 6.07) is 9.44. The molecule has 1 heterocycles. The topological polar surface area (TPSA) is 24.1 Å². The molecule has 2 nitrogen and oxygen atoms in total. The highest BCUT2D eigenvalue weighted by atomic mass is 14.9. The number of rotatable bonds is 3. The summed E-state index contributed by atoms with van der Waals surface area (Å²) in [5, 5.41) is 7.34. The minimum Gasteiger partial charge on any atom is -0.313 e. The minimum absolute atomic E-state index is 0.553. The van der Waals surface area contributed by atoms with E-state index in [-0.39, 0.29) is 0 Å². The summed E-state index contributed by atoms with van der Waals surface area (Å²) < 4.78 is 0. The van der Waals surface area contributed by atoms with E-state index in [1.165, 1.54) is 49.8 Å². The molecule has 2 N–H and O–H groups in total. The summed E-state index contributed by atoms with van der Waals surface area (Å²) in [4.78, 5) is 0. The fraction of sp³-hybridized carbons (Fsp3) is 0.625. The minimum atomic E-state index is 0.553. The van der Waals surface area contributed by atoms with Crippen molar-refractivity contribution in [2.45, 2.75) is 44.7 Å². The summed E-state index contributed by atoms with van der Waals surface area (Å²) in [7, 11) is 0. The predicted molar refractivity (Wildman–Crippen MR) is 75.5 cm³/mol. The molecule has 1 saturated carbocycles. The largest absolute Gasteiger partial charge is 0.313 e. The van der Waals surface area contributed by atoms with Crippen LogP contribution in [0.2, 0.25) is 0 Å². The van der Waals surface area contributed by atoms with Crippen molar-refractivity contribution in [1.82, 2.24) is 10.6 Å². The zero-order chi connectivity index (χ0) is 12.2. The Labute approximate surface area is 110 Å². The molecule has 0 radical (unpaired) electrons. The second kappa shape index (κ2) is 5.85. The summed E-state index contributed by atoms with van der Waals surface area (Å²) in [5.41, 5.74) is 2.99. The van der Waals surface area contributed by atoms with Crippen LogP contribution in [0.3, 0.4) is 0 Å². The van der Waals surface area contributed by atoms with E-state index in [0.717, 1.165) is 19.0 Å². The van der Waals surface area contributed by atoms with Crippen molar-refractivity contribution >= 4 is 0 Å². The molecule has 0 saturated heterocycles. The van der Waals surface area contributed by atoms with Gasteiger partial charge in [0, 0.05) is 12.6 Å². The van der Waals surface area contributed by atoms with Crippen LogP contribution in [-0.4, -0.2) is 13.1 Å². The molecule has 1 aliphatic heterocycles. The van der Waals surface area contributed by atoms with Crippen LogP contribution in [0.15, 0.2) is 24.3 Å². The second-order valence-electron chi connectivity index (χ2n) is 5.78. The first-order valence-corrected chi connectivity index (χ1v) is 7.45. The van der Waals surface area contributed by atoms with Crippen molar-refractivity contribution in [2.24, 2.45) is 5.92 Å². The van der Waals surface area contributed by atoms with E-state index >= 15 is 0 Å². The number of hydrogen-bond acceptors (Lipinski definition) is 2. The Balaban J connectivity index is 1.67. The quantitative estimate of drug-likeness (QED) is 0.854. The highest BCUT2D eigenvalue weighted by molar-refractivity contribution is 5.30. The first-order chi connectivity index (χ1) is 8.93. The Morgan fingerprint density at radius 2 is 1.94 bits per heavy atom.